The zero-order valence-corrected chi connectivity index (χ0v) is 26.6. The summed E-state index contributed by atoms with van der Waals surface area (Å²) in [5.74, 6) is -1.35. The molecule has 0 aliphatic carbocycles. The minimum absolute atomic E-state index is 0.0999. The van der Waals surface area contributed by atoms with Crippen LogP contribution in [0.25, 0.3) is 0 Å². The van der Waals surface area contributed by atoms with Gasteiger partial charge in [-0.3, -0.25) is 14.4 Å². The van der Waals surface area contributed by atoms with Crippen molar-refractivity contribution in [1.29, 1.82) is 0 Å². The summed E-state index contributed by atoms with van der Waals surface area (Å²) < 4.78 is 5.84. The maximum absolute atomic E-state index is 12.5. The molecule has 6 heteroatoms. The Bertz CT molecular complexity index is 688. The van der Waals surface area contributed by atoms with Gasteiger partial charge < -0.3 is 15.2 Å². The number of carboxylic acids is 1. The molecule has 2 N–H and O–H groups in total. The molecule has 0 rings (SSSR count). The second-order valence-electron chi connectivity index (χ2n) is 11.4. The summed E-state index contributed by atoms with van der Waals surface area (Å²) in [7, 11) is 0. The standard InChI is InChI=1S/C35H63NO5/c1-3-5-7-9-11-13-14-16-18-20-26-30-35(40)41-32(27-23-19-17-15-12-10-8-6-4-2)28-24-21-22-25-29-33(37)36-31-34(38)39/h15,17,23,27,32H,3-14,16,18-22,24-26,28-31H2,1-2H3,(H,36,37)(H,38,39)/b17-15-,27-23-. The third-order valence-corrected chi connectivity index (χ3v) is 7.36. The van der Waals surface area contributed by atoms with Gasteiger partial charge in [-0.05, 0) is 51.0 Å². The van der Waals surface area contributed by atoms with Gasteiger partial charge in [0.15, 0.2) is 0 Å². The molecule has 0 saturated heterocycles. The maximum atomic E-state index is 12.5. The fourth-order valence-corrected chi connectivity index (χ4v) is 4.81. The number of esters is 1. The summed E-state index contributed by atoms with van der Waals surface area (Å²) in [6.07, 6.45) is 34.5. The summed E-state index contributed by atoms with van der Waals surface area (Å²) in [5, 5.41) is 11.0. The fourth-order valence-electron chi connectivity index (χ4n) is 4.81. The monoisotopic (exact) mass is 577 g/mol. The zero-order chi connectivity index (χ0) is 30.2. The molecule has 0 radical (unpaired) electrons. The van der Waals surface area contributed by atoms with Crippen molar-refractivity contribution in [3.8, 4) is 0 Å². The zero-order valence-electron chi connectivity index (χ0n) is 26.6. The molecule has 0 spiro atoms. The van der Waals surface area contributed by atoms with Crippen LogP contribution in [0.1, 0.15) is 168 Å². The van der Waals surface area contributed by atoms with Crippen LogP contribution in [0.2, 0.25) is 0 Å². The van der Waals surface area contributed by atoms with E-state index in [-0.39, 0.29) is 24.5 Å². The van der Waals surface area contributed by atoms with Crippen molar-refractivity contribution < 1.29 is 24.2 Å². The van der Waals surface area contributed by atoms with E-state index in [1.54, 1.807) is 0 Å². The Labute approximate surface area is 252 Å². The number of hydrogen-bond donors (Lipinski definition) is 2. The van der Waals surface area contributed by atoms with Gasteiger partial charge in [0.25, 0.3) is 0 Å². The summed E-state index contributed by atoms with van der Waals surface area (Å²) in [6.45, 7) is 4.15. The van der Waals surface area contributed by atoms with E-state index in [0.29, 0.717) is 12.8 Å². The molecule has 0 fully saturated rings. The molecule has 0 saturated carbocycles. The van der Waals surface area contributed by atoms with E-state index in [2.05, 4.69) is 37.4 Å². The van der Waals surface area contributed by atoms with Gasteiger partial charge in [0.1, 0.15) is 12.6 Å². The van der Waals surface area contributed by atoms with Crippen molar-refractivity contribution in [3.63, 3.8) is 0 Å². The number of carbonyl (C=O) groups excluding carboxylic acids is 2. The molecule has 6 nitrogen and oxygen atoms in total. The van der Waals surface area contributed by atoms with Gasteiger partial charge in [-0.2, -0.15) is 0 Å². The molecule has 0 aromatic rings. The van der Waals surface area contributed by atoms with Gasteiger partial charge in [-0.15, -0.1) is 0 Å². The molecular formula is C35H63NO5. The molecule has 41 heavy (non-hydrogen) atoms. The lowest BCUT2D eigenvalue weighted by Crippen LogP contribution is -2.28. The van der Waals surface area contributed by atoms with Crippen LogP contribution in [-0.4, -0.2) is 35.6 Å². The molecule has 0 heterocycles. The maximum Gasteiger partial charge on any atom is 0.322 e. The van der Waals surface area contributed by atoms with Gasteiger partial charge >= 0.3 is 11.9 Å². The summed E-state index contributed by atoms with van der Waals surface area (Å²) >= 11 is 0. The number of allylic oxidation sites excluding steroid dienone is 3. The van der Waals surface area contributed by atoms with Crippen molar-refractivity contribution in [1.82, 2.24) is 5.32 Å². The molecule has 238 valence electrons. The predicted octanol–water partition coefficient (Wildman–Crippen LogP) is 9.61. The van der Waals surface area contributed by atoms with E-state index >= 15 is 0 Å². The average molecular weight is 578 g/mol. The van der Waals surface area contributed by atoms with Crippen molar-refractivity contribution in [3.05, 3.63) is 24.3 Å². The minimum atomic E-state index is -1.03. The lowest BCUT2D eigenvalue weighted by molar-refractivity contribution is -0.147. The number of unbranched alkanes of at least 4 members (excludes halogenated alkanes) is 17. The van der Waals surface area contributed by atoms with Gasteiger partial charge in [0.2, 0.25) is 5.91 Å². The topological polar surface area (TPSA) is 92.7 Å². The third-order valence-electron chi connectivity index (χ3n) is 7.36. The van der Waals surface area contributed by atoms with Crippen LogP contribution in [0, 0.1) is 0 Å². The molecule has 0 aromatic carbocycles. The van der Waals surface area contributed by atoms with E-state index in [9.17, 15) is 14.4 Å². The lowest BCUT2D eigenvalue weighted by atomic mass is 10.1. The highest BCUT2D eigenvalue weighted by molar-refractivity contribution is 5.80. The van der Waals surface area contributed by atoms with Gasteiger partial charge in [-0.1, -0.05) is 128 Å². The Morgan fingerprint density at radius 3 is 1.80 bits per heavy atom. The Morgan fingerprint density at radius 1 is 0.659 bits per heavy atom. The molecular weight excluding hydrogens is 514 g/mol. The molecule has 1 amide bonds. The third kappa shape index (κ3) is 30.7. The normalized spacial score (nSPS) is 12.2. The lowest BCUT2D eigenvalue weighted by Gasteiger charge is -2.14. The first-order valence-corrected chi connectivity index (χ1v) is 17.0. The Kier molecular flexibility index (Phi) is 29.3. The van der Waals surface area contributed by atoms with Crippen LogP contribution in [0.3, 0.4) is 0 Å². The number of rotatable bonds is 30. The molecule has 0 aliphatic heterocycles. The SMILES string of the molecule is CCCCCC/C=C\C/C=C\C(CCCCCCC(=O)NCC(=O)O)OC(=O)CCCCCCCCCCCCC. The summed E-state index contributed by atoms with van der Waals surface area (Å²) in [4.78, 5) is 34.7. The van der Waals surface area contributed by atoms with E-state index in [1.165, 1.54) is 83.5 Å². The summed E-state index contributed by atoms with van der Waals surface area (Å²) in [5.41, 5.74) is 0. The van der Waals surface area contributed by atoms with Gasteiger partial charge in [0.05, 0.1) is 0 Å². The number of ether oxygens (including phenoxy) is 1. The second kappa shape index (κ2) is 30.8. The van der Waals surface area contributed by atoms with Crippen LogP contribution in [0.5, 0.6) is 0 Å². The van der Waals surface area contributed by atoms with Crippen LogP contribution in [-0.2, 0) is 19.1 Å². The second-order valence-corrected chi connectivity index (χ2v) is 11.4. The largest absolute Gasteiger partial charge is 0.480 e. The Balaban J connectivity index is 4.27. The van der Waals surface area contributed by atoms with Crippen LogP contribution in [0.4, 0.5) is 0 Å². The fraction of sp³-hybridized carbons (Fsp3) is 0.800. The molecule has 1 atom stereocenters. The quantitative estimate of drug-likeness (QED) is 0.0504. The number of aliphatic carboxylic acids is 1. The first-order chi connectivity index (χ1) is 20.0. The van der Waals surface area contributed by atoms with Crippen LogP contribution >= 0.6 is 0 Å². The number of nitrogens with one attached hydrogen (secondary N) is 1. The first-order valence-electron chi connectivity index (χ1n) is 17.0. The number of carbonyl (C=O) groups is 3. The van der Waals surface area contributed by atoms with Gasteiger partial charge in [-0.25, -0.2) is 0 Å². The molecule has 0 bridgehead atoms. The average Bonchev–Trinajstić information content (AvgIpc) is 2.95. The number of amides is 1. The van der Waals surface area contributed by atoms with E-state index in [1.807, 2.05) is 6.08 Å². The highest BCUT2D eigenvalue weighted by Crippen LogP contribution is 2.15. The molecule has 0 aromatic heterocycles. The number of carboxylic acid groups (broad SMARTS) is 1. The van der Waals surface area contributed by atoms with Crippen molar-refractivity contribution in [2.45, 2.75) is 174 Å². The van der Waals surface area contributed by atoms with Crippen LogP contribution < -0.4 is 5.32 Å². The first kappa shape index (κ1) is 38.9. The minimum Gasteiger partial charge on any atom is -0.480 e. The Hall–Kier alpha value is -2.11. The van der Waals surface area contributed by atoms with E-state index < -0.39 is 5.97 Å². The van der Waals surface area contributed by atoms with Crippen molar-refractivity contribution >= 4 is 17.8 Å². The number of hydrogen-bond acceptors (Lipinski definition) is 4. The van der Waals surface area contributed by atoms with Gasteiger partial charge in [0, 0.05) is 12.8 Å². The molecule has 1 unspecified atom stereocenters. The van der Waals surface area contributed by atoms with Crippen molar-refractivity contribution in [2.75, 3.05) is 6.54 Å². The highest BCUT2D eigenvalue weighted by atomic mass is 16.5. The van der Waals surface area contributed by atoms with Crippen LogP contribution in [0.15, 0.2) is 24.3 Å². The van der Waals surface area contributed by atoms with Crippen molar-refractivity contribution in [2.24, 2.45) is 0 Å². The Morgan fingerprint density at radius 2 is 1.20 bits per heavy atom. The highest BCUT2D eigenvalue weighted by Gasteiger charge is 2.11. The van der Waals surface area contributed by atoms with E-state index in [0.717, 1.165) is 57.8 Å². The smallest absolute Gasteiger partial charge is 0.322 e. The molecule has 0 aliphatic rings. The summed E-state index contributed by atoms with van der Waals surface area (Å²) in [6, 6.07) is 0. The van der Waals surface area contributed by atoms with E-state index in [4.69, 9.17) is 9.84 Å². The predicted molar refractivity (Wildman–Crippen MR) is 171 cm³/mol.